The first-order valence-corrected chi connectivity index (χ1v) is 7.88. The molecule has 2 aromatic rings. The van der Waals surface area contributed by atoms with Crippen molar-refractivity contribution in [1.82, 2.24) is 19.7 Å². The van der Waals surface area contributed by atoms with Crippen LogP contribution < -0.4 is 4.72 Å². The Morgan fingerprint density at radius 3 is 2.60 bits per heavy atom. The van der Waals surface area contributed by atoms with Gasteiger partial charge in [-0.25, -0.2) is 23.1 Å². The highest BCUT2D eigenvalue weighted by Crippen LogP contribution is 2.29. The highest BCUT2D eigenvalue weighted by molar-refractivity contribution is 7.93. The van der Waals surface area contributed by atoms with E-state index in [0.29, 0.717) is 18.7 Å². The van der Waals surface area contributed by atoms with Crippen molar-refractivity contribution in [1.29, 1.82) is 0 Å². The minimum Gasteiger partial charge on any atom is -0.267 e. The molecule has 0 spiro atoms. The molecule has 0 saturated heterocycles. The number of hydrogen-bond donors (Lipinski definition) is 1. The molecular formula is C12H15N5O2S. The smallest absolute Gasteiger partial charge is 0.236 e. The van der Waals surface area contributed by atoms with Crippen molar-refractivity contribution in [3.63, 3.8) is 0 Å². The second-order valence-electron chi connectivity index (χ2n) is 4.95. The van der Waals surface area contributed by atoms with Gasteiger partial charge in [-0.3, -0.25) is 4.72 Å². The molecule has 0 amide bonds. The lowest BCUT2D eigenvalue weighted by atomic mass is 10.4. The number of hydrogen-bond acceptors (Lipinski definition) is 5. The summed E-state index contributed by atoms with van der Waals surface area (Å²) in [6.45, 7) is 3.80. The third kappa shape index (κ3) is 2.51. The van der Waals surface area contributed by atoms with E-state index in [0.717, 1.165) is 11.4 Å². The van der Waals surface area contributed by atoms with Crippen LogP contribution in [0, 0.1) is 13.8 Å². The molecule has 7 nitrogen and oxygen atoms in total. The van der Waals surface area contributed by atoms with Crippen LogP contribution in [0.15, 0.2) is 18.5 Å². The minimum absolute atomic E-state index is 0.273. The fourth-order valence-corrected chi connectivity index (χ4v) is 3.31. The molecule has 2 heterocycles. The molecule has 8 heteroatoms. The molecule has 0 aliphatic heterocycles. The van der Waals surface area contributed by atoms with Crippen LogP contribution in [0.5, 0.6) is 0 Å². The van der Waals surface area contributed by atoms with Gasteiger partial charge in [-0.15, -0.1) is 0 Å². The molecule has 20 heavy (non-hydrogen) atoms. The van der Waals surface area contributed by atoms with E-state index in [1.807, 2.05) is 19.9 Å². The van der Waals surface area contributed by atoms with Gasteiger partial charge >= 0.3 is 0 Å². The molecule has 1 N–H and O–H groups in total. The predicted octanol–water partition coefficient (Wildman–Crippen LogP) is 1.18. The molecule has 0 unspecified atom stereocenters. The molecule has 1 fully saturated rings. The molecule has 0 bridgehead atoms. The molecule has 0 radical (unpaired) electrons. The van der Waals surface area contributed by atoms with Gasteiger partial charge in [0, 0.05) is 11.8 Å². The maximum Gasteiger partial charge on any atom is 0.236 e. The van der Waals surface area contributed by atoms with Gasteiger partial charge in [0.05, 0.1) is 10.9 Å². The van der Waals surface area contributed by atoms with E-state index in [9.17, 15) is 8.42 Å². The van der Waals surface area contributed by atoms with Crippen LogP contribution in [0.25, 0.3) is 5.82 Å². The highest BCUT2D eigenvalue weighted by atomic mass is 32.2. The Labute approximate surface area is 117 Å². The Bertz CT molecular complexity index is 749. The molecule has 0 atom stereocenters. The highest BCUT2D eigenvalue weighted by Gasteiger charge is 2.36. The predicted molar refractivity (Wildman–Crippen MR) is 74.2 cm³/mol. The Balaban J connectivity index is 1.92. The summed E-state index contributed by atoms with van der Waals surface area (Å²) < 4.78 is 27.9. The molecule has 1 aliphatic rings. The van der Waals surface area contributed by atoms with E-state index < -0.39 is 10.0 Å². The quantitative estimate of drug-likeness (QED) is 0.914. The molecule has 2 aromatic heterocycles. The van der Waals surface area contributed by atoms with Crippen molar-refractivity contribution < 1.29 is 8.42 Å². The van der Waals surface area contributed by atoms with Gasteiger partial charge in [-0.05, 0) is 32.8 Å². The number of nitrogens with one attached hydrogen (secondary N) is 1. The van der Waals surface area contributed by atoms with Crippen LogP contribution in [0.3, 0.4) is 0 Å². The number of nitrogens with zero attached hydrogens (tertiary/aromatic N) is 4. The van der Waals surface area contributed by atoms with E-state index in [1.165, 1.54) is 6.33 Å². The number of rotatable bonds is 4. The second-order valence-corrected chi connectivity index (χ2v) is 6.91. The van der Waals surface area contributed by atoms with E-state index in [1.54, 1.807) is 10.7 Å². The molecule has 0 aromatic carbocycles. The second kappa shape index (κ2) is 4.55. The summed E-state index contributed by atoms with van der Waals surface area (Å²) in [7, 11) is -3.31. The fourth-order valence-electron chi connectivity index (χ4n) is 1.99. The summed E-state index contributed by atoms with van der Waals surface area (Å²) in [5, 5.41) is 4.03. The summed E-state index contributed by atoms with van der Waals surface area (Å²) in [5.74, 6) is 0.813. The Morgan fingerprint density at radius 2 is 2.00 bits per heavy atom. The molecular weight excluding hydrogens is 278 g/mol. The molecule has 3 rings (SSSR count). The van der Waals surface area contributed by atoms with Gasteiger partial charge in [-0.2, -0.15) is 5.10 Å². The monoisotopic (exact) mass is 293 g/mol. The normalized spacial score (nSPS) is 15.3. The van der Waals surface area contributed by atoms with Gasteiger partial charge in [0.25, 0.3) is 0 Å². The first-order valence-electron chi connectivity index (χ1n) is 6.33. The first kappa shape index (κ1) is 13.0. The van der Waals surface area contributed by atoms with Crippen LogP contribution in [0.1, 0.15) is 24.2 Å². The number of aromatic nitrogens is 4. The van der Waals surface area contributed by atoms with Crippen LogP contribution in [-0.4, -0.2) is 33.4 Å². The van der Waals surface area contributed by atoms with E-state index >= 15 is 0 Å². The minimum atomic E-state index is -3.31. The average Bonchev–Trinajstić information content (AvgIpc) is 3.16. The van der Waals surface area contributed by atoms with Crippen LogP contribution in [-0.2, 0) is 10.0 Å². The van der Waals surface area contributed by atoms with Crippen LogP contribution in [0.4, 0.5) is 5.82 Å². The first-order chi connectivity index (χ1) is 9.45. The zero-order valence-corrected chi connectivity index (χ0v) is 12.1. The summed E-state index contributed by atoms with van der Waals surface area (Å²) in [5.41, 5.74) is 1.80. The zero-order chi connectivity index (χ0) is 14.3. The largest absolute Gasteiger partial charge is 0.267 e. The standard InChI is InChI=1S/C12H15N5O2S/c1-8-5-9(2)17(15-8)12-6-11(13-7-14-12)16-20(18,19)10-3-4-10/h5-7,10H,3-4H2,1-2H3,(H,13,14,16). The van der Waals surface area contributed by atoms with Crippen molar-refractivity contribution in [2.75, 3.05) is 4.72 Å². The van der Waals surface area contributed by atoms with Gasteiger partial charge < -0.3 is 0 Å². The van der Waals surface area contributed by atoms with Crippen molar-refractivity contribution in [2.45, 2.75) is 31.9 Å². The van der Waals surface area contributed by atoms with Gasteiger partial charge in [0.15, 0.2) is 5.82 Å². The molecule has 1 saturated carbocycles. The van der Waals surface area contributed by atoms with E-state index in [2.05, 4.69) is 19.8 Å². The van der Waals surface area contributed by atoms with Crippen molar-refractivity contribution in [2.24, 2.45) is 0 Å². The summed E-state index contributed by atoms with van der Waals surface area (Å²) in [6.07, 6.45) is 2.76. The fraction of sp³-hybridized carbons (Fsp3) is 0.417. The average molecular weight is 293 g/mol. The van der Waals surface area contributed by atoms with Crippen molar-refractivity contribution in [3.8, 4) is 5.82 Å². The van der Waals surface area contributed by atoms with Gasteiger partial charge in [-0.1, -0.05) is 0 Å². The maximum atomic E-state index is 11.9. The summed E-state index contributed by atoms with van der Waals surface area (Å²) in [6, 6.07) is 3.51. The number of aryl methyl sites for hydroxylation is 2. The molecule has 1 aliphatic carbocycles. The Morgan fingerprint density at radius 1 is 1.25 bits per heavy atom. The van der Waals surface area contributed by atoms with Crippen molar-refractivity contribution in [3.05, 3.63) is 29.8 Å². The molecule has 106 valence electrons. The topological polar surface area (TPSA) is 89.8 Å². The third-order valence-electron chi connectivity index (χ3n) is 3.09. The number of anilines is 1. The Hall–Kier alpha value is -1.96. The lowest BCUT2D eigenvalue weighted by Crippen LogP contribution is -2.18. The summed E-state index contributed by atoms with van der Waals surface area (Å²) in [4.78, 5) is 8.08. The van der Waals surface area contributed by atoms with Crippen LogP contribution in [0.2, 0.25) is 0 Å². The lowest BCUT2D eigenvalue weighted by molar-refractivity contribution is 0.599. The SMILES string of the molecule is Cc1cc(C)n(-c2cc(NS(=O)(=O)C3CC3)ncn2)n1. The Kier molecular flexibility index (Phi) is 2.97. The van der Waals surface area contributed by atoms with Crippen molar-refractivity contribution >= 4 is 15.8 Å². The maximum absolute atomic E-state index is 11.9. The number of sulfonamides is 1. The third-order valence-corrected chi connectivity index (χ3v) is 4.93. The van der Waals surface area contributed by atoms with E-state index in [4.69, 9.17) is 0 Å². The van der Waals surface area contributed by atoms with Gasteiger partial charge in [0.2, 0.25) is 10.0 Å². The van der Waals surface area contributed by atoms with Crippen LogP contribution >= 0.6 is 0 Å². The van der Waals surface area contributed by atoms with E-state index in [-0.39, 0.29) is 11.1 Å². The van der Waals surface area contributed by atoms with Gasteiger partial charge in [0.1, 0.15) is 12.1 Å². The lowest BCUT2D eigenvalue weighted by Gasteiger charge is -2.08. The zero-order valence-electron chi connectivity index (χ0n) is 11.2. The summed E-state index contributed by atoms with van der Waals surface area (Å²) >= 11 is 0.